The number of thiazole rings is 1. The molecule has 27 heavy (non-hydrogen) atoms. The molecule has 7 heteroatoms. The van der Waals surface area contributed by atoms with Gasteiger partial charge in [0.1, 0.15) is 16.1 Å². The maximum atomic E-state index is 12.4. The Labute approximate surface area is 166 Å². The topological polar surface area (TPSA) is 69.0 Å². The van der Waals surface area contributed by atoms with Gasteiger partial charge in [-0.25, -0.2) is 4.98 Å². The minimum Gasteiger partial charge on any atom is -0.317 e. The van der Waals surface area contributed by atoms with Crippen molar-refractivity contribution in [3.05, 3.63) is 45.3 Å². The van der Waals surface area contributed by atoms with Crippen LogP contribution in [-0.4, -0.2) is 29.4 Å². The number of nitriles is 1. The summed E-state index contributed by atoms with van der Waals surface area (Å²) in [5.74, 6) is -0.0393. The summed E-state index contributed by atoms with van der Waals surface area (Å²) in [6.45, 7) is 1.37. The van der Waals surface area contributed by atoms with Crippen LogP contribution in [0, 0.1) is 11.3 Å². The fraction of sp³-hybridized carbons (Fsp3) is 0.350. The van der Waals surface area contributed by atoms with Gasteiger partial charge in [0, 0.05) is 17.8 Å². The minimum atomic E-state index is -0.0393. The average Bonchev–Trinajstić information content (AvgIpc) is 3.33. The van der Waals surface area contributed by atoms with Crippen molar-refractivity contribution < 1.29 is 4.79 Å². The van der Waals surface area contributed by atoms with Gasteiger partial charge in [-0.15, -0.1) is 22.7 Å². The molecule has 5 nitrogen and oxygen atoms in total. The molecule has 0 saturated heterocycles. The first-order valence-corrected chi connectivity index (χ1v) is 10.6. The van der Waals surface area contributed by atoms with Crippen LogP contribution in [0.2, 0.25) is 0 Å². The van der Waals surface area contributed by atoms with Crippen LogP contribution >= 0.6 is 22.7 Å². The summed E-state index contributed by atoms with van der Waals surface area (Å²) in [6, 6.07) is 10.4. The van der Waals surface area contributed by atoms with E-state index in [1.54, 1.807) is 22.7 Å². The number of hydrogen-bond acceptors (Lipinski definition) is 6. The van der Waals surface area contributed by atoms with Gasteiger partial charge in [-0.3, -0.25) is 9.69 Å². The van der Waals surface area contributed by atoms with Crippen molar-refractivity contribution >= 4 is 43.8 Å². The molecule has 1 aromatic carbocycles. The maximum Gasteiger partial charge on any atom is 0.226 e. The molecule has 0 aliphatic heterocycles. The summed E-state index contributed by atoms with van der Waals surface area (Å²) in [5.41, 5.74) is 2.84. The zero-order valence-corrected chi connectivity index (χ0v) is 16.8. The number of fused-ring (bicyclic) bond motifs is 2. The van der Waals surface area contributed by atoms with Crippen molar-refractivity contribution in [1.82, 2.24) is 9.88 Å². The van der Waals surface area contributed by atoms with Gasteiger partial charge >= 0.3 is 0 Å². The molecule has 2 aromatic heterocycles. The molecular formula is C20H20N4OS2. The molecule has 2 heterocycles. The number of hydrogen-bond donors (Lipinski definition) is 1. The Morgan fingerprint density at radius 2 is 2.19 bits per heavy atom. The number of para-hydroxylation sites is 1. The number of anilines is 1. The molecule has 3 aromatic rings. The van der Waals surface area contributed by atoms with E-state index in [1.807, 2.05) is 25.2 Å². The number of benzene rings is 1. The summed E-state index contributed by atoms with van der Waals surface area (Å²) in [4.78, 5) is 20.4. The lowest BCUT2D eigenvalue weighted by molar-refractivity contribution is -0.116. The number of rotatable bonds is 6. The lowest BCUT2D eigenvalue weighted by Crippen LogP contribution is -2.24. The first-order chi connectivity index (χ1) is 13.1. The fourth-order valence-electron chi connectivity index (χ4n) is 3.39. The van der Waals surface area contributed by atoms with Crippen LogP contribution in [0.3, 0.4) is 0 Å². The third kappa shape index (κ3) is 3.88. The van der Waals surface area contributed by atoms with Gasteiger partial charge in [0.2, 0.25) is 5.91 Å². The summed E-state index contributed by atoms with van der Waals surface area (Å²) >= 11 is 3.26. The number of aryl methyl sites for hydroxylation is 1. The molecule has 0 bridgehead atoms. The van der Waals surface area contributed by atoms with E-state index in [2.05, 4.69) is 27.3 Å². The van der Waals surface area contributed by atoms with Gasteiger partial charge in [-0.1, -0.05) is 12.1 Å². The van der Waals surface area contributed by atoms with Gasteiger partial charge in [-0.05, 0) is 44.0 Å². The van der Waals surface area contributed by atoms with E-state index in [0.717, 1.165) is 46.9 Å². The molecule has 0 atom stereocenters. The minimum absolute atomic E-state index is 0.0393. The molecule has 1 N–H and O–H groups in total. The molecular weight excluding hydrogens is 376 g/mol. The number of nitrogens with zero attached hydrogens (tertiary/aromatic N) is 3. The fourth-order valence-corrected chi connectivity index (χ4v) is 5.69. The quantitative estimate of drug-likeness (QED) is 0.679. The van der Waals surface area contributed by atoms with Crippen molar-refractivity contribution in [2.75, 3.05) is 18.9 Å². The van der Waals surface area contributed by atoms with Gasteiger partial charge < -0.3 is 5.32 Å². The Morgan fingerprint density at radius 1 is 1.33 bits per heavy atom. The predicted octanol–water partition coefficient (Wildman–Crippen LogP) is 4.18. The maximum absolute atomic E-state index is 12.4. The van der Waals surface area contributed by atoms with Crippen molar-refractivity contribution in [3.63, 3.8) is 0 Å². The number of aromatic nitrogens is 1. The van der Waals surface area contributed by atoms with E-state index in [4.69, 9.17) is 0 Å². The predicted molar refractivity (Wildman–Crippen MR) is 110 cm³/mol. The first kappa shape index (κ1) is 18.1. The van der Waals surface area contributed by atoms with Crippen LogP contribution in [-0.2, 0) is 24.2 Å². The molecule has 138 valence electrons. The molecule has 0 saturated carbocycles. The lowest BCUT2D eigenvalue weighted by Gasteiger charge is -2.14. The van der Waals surface area contributed by atoms with Crippen LogP contribution in [0.4, 0.5) is 5.00 Å². The van der Waals surface area contributed by atoms with Crippen molar-refractivity contribution in [2.45, 2.75) is 32.2 Å². The van der Waals surface area contributed by atoms with E-state index in [-0.39, 0.29) is 5.91 Å². The van der Waals surface area contributed by atoms with E-state index in [9.17, 15) is 10.1 Å². The Morgan fingerprint density at radius 3 is 3.00 bits per heavy atom. The molecule has 1 amide bonds. The second kappa shape index (κ2) is 7.77. The second-order valence-electron chi connectivity index (χ2n) is 6.78. The normalized spacial score (nSPS) is 13.1. The third-order valence-corrected chi connectivity index (χ3v) is 6.98. The highest BCUT2D eigenvalue weighted by Gasteiger charge is 2.23. The SMILES string of the molecule is CN(CCC(=O)Nc1sc2c(c1C#N)CCC2)Cc1nc2ccccc2s1. The van der Waals surface area contributed by atoms with Gasteiger partial charge in [0.25, 0.3) is 0 Å². The average molecular weight is 397 g/mol. The summed E-state index contributed by atoms with van der Waals surface area (Å²) < 4.78 is 1.19. The van der Waals surface area contributed by atoms with E-state index >= 15 is 0 Å². The number of carbonyl (C=O) groups is 1. The summed E-state index contributed by atoms with van der Waals surface area (Å²) in [6.07, 6.45) is 3.49. The van der Waals surface area contributed by atoms with Crippen LogP contribution < -0.4 is 5.32 Å². The largest absolute Gasteiger partial charge is 0.317 e. The van der Waals surface area contributed by atoms with Crippen molar-refractivity contribution in [2.24, 2.45) is 0 Å². The van der Waals surface area contributed by atoms with Gasteiger partial charge in [0.15, 0.2) is 0 Å². The first-order valence-electron chi connectivity index (χ1n) is 9.01. The number of carbonyl (C=O) groups excluding carboxylic acids is 1. The molecule has 0 spiro atoms. The Hall–Kier alpha value is -2.27. The zero-order chi connectivity index (χ0) is 18.8. The van der Waals surface area contributed by atoms with Gasteiger partial charge in [0.05, 0.1) is 22.3 Å². The van der Waals surface area contributed by atoms with Crippen molar-refractivity contribution in [3.8, 4) is 6.07 Å². The highest BCUT2D eigenvalue weighted by Crippen LogP contribution is 2.38. The van der Waals surface area contributed by atoms with Crippen LogP contribution in [0.5, 0.6) is 0 Å². The molecule has 1 aliphatic carbocycles. The molecule has 0 fully saturated rings. The summed E-state index contributed by atoms with van der Waals surface area (Å²) in [5, 5.41) is 14.1. The van der Waals surface area contributed by atoms with Crippen molar-refractivity contribution in [1.29, 1.82) is 5.26 Å². The highest BCUT2D eigenvalue weighted by molar-refractivity contribution is 7.18. The Bertz CT molecular complexity index is 997. The van der Waals surface area contributed by atoms with Crippen LogP contribution in [0.1, 0.15) is 33.9 Å². The van der Waals surface area contributed by atoms with E-state index in [1.165, 1.54) is 9.58 Å². The number of nitrogens with one attached hydrogen (secondary N) is 1. The smallest absolute Gasteiger partial charge is 0.226 e. The van der Waals surface area contributed by atoms with Gasteiger partial charge in [-0.2, -0.15) is 5.26 Å². The van der Waals surface area contributed by atoms with E-state index < -0.39 is 0 Å². The van der Waals surface area contributed by atoms with Crippen LogP contribution in [0.25, 0.3) is 10.2 Å². The molecule has 0 radical (unpaired) electrons. The van der Waals surface area contributed by atoms with E-state index in [0.29, 0.717) is 18.5 Å². The zero-order valence-electron chi connectivity index (χ0n) is 15.1. The standard InChI is InChI=1S/C20H20N4OS2/c1-24(12-19-22-15-6-2-3-7-17(15)26-19)10-9-18(25)23-20-14(11-21)13-5-4-8-16(13)27-20/h2-3,6-7H,4-5,8-10,12H2,1H3,(H,23,25). The molecule has 4 rings (SSSR count). The molecule has 1 aliphatic rings. The Kier molecular flexibility index (Phi) is 5.21. The number of thiophene rings is 1. The summed E-state index contributed by atoms with van der Waals surface area (Å²) in [7, 11) is 2.00. The lowest BCUT2D eigenvalue weighted by atomic mass is 10.1. The monoisotopic (exact) mass is 396 g/mol. The second-order valence-corrected chi connectivity index (χ2v) is 9.00. The Balaban J connectivity index is 1.32. The number of amides is 1. The van der Waals surface area contributed by atoms with Crippen LogP contribution in [0.15, 0.2) is 24.3 Å². The third-order valence-electron chi connectivity index (χ3n) is 4.75. The molecule has 0 unspecified atom stereocenters. The highest BCUT2D eigenvalue weighted by atomic mass is 32.1.